The van der Waals surface area contributed by atoms with Crippen LogP contribution in [0.4, 0.5) is 10.5 Å². The molecule has 0 bridgehead atoms. The summed E-state index contributed by atoms with van der Waals surface area (Å²) in [7, 11) is -3.37. The highest BCUT2D eigenvalue weighted by Crippen LogP contribution is 2.15. The van der Waals surface area contributed by atoms with Crippen molar-refractivity contribution in [3.8, 4) is 0 Å². The summed E-state index contributed by atoms with van der Waals surface area (Å²) in [5.41, 5.74) is 2.38. The molecule has 0 heterocycles. The number of hydrogen-bond acceptors (Lipinski definition) is 4. The van der Waals surface area contributed by atoms with Crippen LogP contribution in [0.2, 0.25) is 0 Å². The lowest BCUT2D eigenvalue weighted by atomic mass is 10.2. The van der Waals surface area contributed by atoms with Gasteiger partial charge >= 0.3 is 6.03 Å². The summed E-state index contributed by atoms with van der Waals surface area (Å²) in [5, 5.41) is 5.48. The maximum atomic E-state index is 11.9. The molecular weight excluding hydrogens is 378 g/mol. The number of benzene rings is 2. The SMILES string of the molecule is CS(=O)(=O)Nc1ccccc1CNC(=O)NCCCOCCc1ccccc1. The molecule has 0 spiro atoms. The van der Waals surface area contributed by atoms with Gasteiger partial charge in [0.15, 0.2) is 0 Å². The molecule has 0 radical (unpaired) electrons. The van der Waals surface area contributed by atoms with Gasteiger partial charge in [0.05, 0.1) is 18.6 Å². The first kappa shape index (κ1) is 21.7. The zero-order valence-corrected chi connectivity index (χ0v) is 16.8. The molecule has 7 nitrogen and oxygen atoms in total. The summed E-state index contributed by atoms with van der Waals surface area (Å²) in [6.45, 7) is 1.95. The van der Waals surface area contributed by atoms with Crippen LogP contribution in [-0.4, -0.2) is 40.5 Å². The highest BCUT2D eigenvalue weighted by molar-refractivity contribution is 7.92. The molecule has 0 fully saturated rings. The van der Waals surface area contributed by atoms with Crippen LogP contribution < -0.4 is 15.4 Å². The molecule has 2 aromatic rings. The first-order chi connectivity index (χ1) is 13.4. The van der Waals surface area contributed by atoms with Gasteiger partial charge in [0.1, 0.15) is 0 Å². The Morgan fingerprint density at radius 3 is 2.43 bits per heavy atom. The molecule has 0 saturated heterocycles. The van der Waals surface area contributed by atoms with E-state index >= 15 is 0 Å². The van der Waals surface area contributed by atoms with Gasteiger partial charge in [-0.15, -0.1) is 0 Å². The molecule has 152 valence electrons. The number of rotatable bonds is 11. The third-order valence-electron chi connectivity index (χ3n) is 3.88. The topological polar surface area (TPSA) is 96.5 Å². The molecule has 3 N–H and O–H groups in total. The second kappa shape index (κ2) is 11.3. The number of nitrogens with one attached hydrogen (secondary N) is 3. The van der Waals surface area contributed by atoms with Crippen molar-refractivity contribution in [2.45, 2.75) is 19.4 Å². The summed E-state index contributed by atoms with van der Waals surface area (Å²) in [6, 6.07) is 16.8. The molecule has 2 amide bonds. The summed E-state index contributed by atoms with van der Waals surface area (Å²) < 4.78 is 30.8. The monoisotopic (exact) mass is 405 g/mol. The minimum Gasteiger partial charge on any atom is -0.381 e. The predicted octanol–water partition coefficient (Wildman–Crippen LogP) is 2.51. The highest BCUT2D eigenvalue weighted by atomic mass is 32.2. The van der Waals surface area contributed by atoms with Gasteiger partial charge in [-0.25, -0.2) is 13.2 Å². The molecule has 0 aromatic heterocycles. The highest BCUT2D eigenvalue weighted by Gasteiger charge is 2.08. The zero-order valence-electron chi connectivity index (χ0n) is 16.0. The normalized spacial score (nSPS) is 11.0. The number of ether oxygens (including phenoxy) is 1. The first-order valence-electron chi connectivity index (χ1n) is 9.13. The van der Waals surface area contributed by atoms with Gasteiger partial charge in [-0.2, -0.15) is 0 Å². The number of carbonyl (C=O) groups is 1. The lowest BCUT2D eigenvalue weighted by molar-refractivity contribution is 0.135. The van der Waals surface area contributed by atoms with Gasteiger partial charge in [0.25, 0.3) is 0 Å². The van der Waals surface area contributed by atoms with E-state index in [1.165, 1.54) is 5.56 Å². The van der Waals surface area contributed by atoms with E-state index < -0.39 is 10.0 Å². The Morgan fingerprint density at radius 2 is 1.68 bits per heavy atom. The molecule has 2 rings (SSSR count). The smallest absolute Gasteiger partial charge is 0.315 e. The fraction of sp³-hybridized carbons (Fsp3) is 0.350. The summed E-state index contributed by atoms with van der Waals surface area (Å²) in [4.78, 5) is 11.9. The van der Waals surface area contributed by atoms with E-state index in [-0.39, 0.29) is 12.6 Å². The van der Waals surface area contributed by atoms with Crippen LogP contribution in [0.1, 0.15) is 17.5 Å². The van der Waals surface area contributed by atoms with Crippen molar-refractivity contribution >= 4 is 21.7 Å². The number of carbonyl (C=O) groups excluding carboxylic acids is 1. The molecule has 2 aromatic carbocycles. The maximum Gasteiger partial charge on any atom is 0.315 e. The Bertz CT molecular complexity index is 842. The van der Waals surface area contributed by atoms with Crippen molar-refractivity contribution < 1.29 is 17.9 Å². The Kier molecular flexibility index (Phi) is 8.77. The Hall–Kier alpha value is -2.58. The maximum absolute atomic E-state index is 11.9. The van der Waals surface area contributed by atoms with Crippen molar-refractivity contribution in [1.82, 2.24) is 10.6 Å². The summed E-state index contributed by atoms with van der Waals surface area (Å²) in [6.07, 6.45) is 2.68. The van der Waals surface area contributed by atoms with Crippen LogP contribution in [0.25, 0.3) is 0 Å². The second-order valence-electron chi connectivity index (χ2n) is 6.34. The third kappa shape index (κ3) is 8.88. The number of amides is 2. The molecule has 0 unspecified atom stereocenters. The fourth-order valence-electron chi connectivity index (χ4n) is 2.52. The number of para-hydroxylation sites is 1. The molecule has 0 aliphatic heterocycles. The zero-order chi connectivity index (χ0) is 20.2. The van der Waals surface area contributed by atoms with Crippen LogP contribution in [0.15, 0.2) is 54.6 Å². The summed E-state index contributed by atoms with van der Waals surface area (Å²) in [5.74, 6) is 0. The fourth-order valence-corrected chi connectivity index (χ4v) is 3.12. The van der Waals surface area contributed by atoms with Crippen molar-refractivity contribution in [3.63, 3.8) is 0 Å². The van der Waals surface area contributed by atoms with Crippen LogP contribution in [0, 0.1) is 0 Å². The Morgan fingerprint density at radius 1 is 0.964 bits per heavy atom. The summed E-state index contributed by atoms with van der Waals surface area (Å²) >= 11 is 0. The quantitative estimate of drug-likeness (QED) is 0.501. The van der Waals surface area contributed by atoms with Crippen LogP contribution in [0.5, 0.6) is 0 Å². The average Bonchev–Trinajstić information content (AvgIpc) is 2.66. The van der Waals surface area contributed by atoms with E-state index in [9.17, 15) is 13.2 Å². The molecule has 0 aliphatic rings. The van der Waals surface area contributed by atoms with Gasteiger partial charge in [0, 0.05) is 19.7 Å². The van der Waals surface area contributed by atoms with Crippen LogP contribution in [-0.2, 0) is 27.7 Å². The van der Waals surface area contributed by atoms with E-state index in [2.05, 4.69) is 27.5 Å². The second-order valence-corrected chi connectivity index (χ2v) is 8.09. The van der Waals surface area contributed by atoms with Crippen molar-refractivity contribution in [2.24, 2.45) is 0 Å². The minimum absolute atomic E-state index is 0.220. The lowest BCUT2D eigenvalue weighted by Crippen LogP contribution is -2.36. The van der Waals surface area contributed by atoms with Crippen molar-refractivity contribution in [3.05, 3.63) is 65.7 Å². The van der Waals surface area contributed by atoms with Gasteiger partial charge in [-0.3, -0.25) is 4.72 Å². The number of urea groups is 1. The first-order valence-corrected chi connectivity index (χ1v) is 11.0. The standard InChI is InChI=1S/C20H27N3O4S/c1-28(25,26)23-19-11-6-5-10-18(19)16-22-20(24)21-13-7-14-27-15-12-17-8-3-2-4-9-17/h2-6,8-11,23H,7,12-16H2,1H3,(H2,21,22,24). The van der Waals surface area contributed by atoms with Crippen molar-refractivity contribution in [1.29, 1.82) is 0 Å². The number of hydrogen-bond donors (Lipinski definition) is 3. The predicted molar refractivity (Wildman–Crippen MR) is 111 cm³/mol. The molecule has 8 heteroatoms. The van der Waals surface area contributed by atoms with Gasteiger partial charge < -0.3 is 15.4 Å². The van der Waals surface area contributed by atoms with E-state index in [1.807, 2.05) is 18.2 Å². The van der Waals surface area contributed by atoms with Gasteiger partial charge in [-0.05, 0) is 30.0 Å². The van der Waals surface area contributed by atoms with Crippen molar-refractivity contribution in [2.75, 3.05) is 30.7 Å². The average molecular weight is 406 g/mol. The van der Waals surface area contributed by atoms with E-state index in [1.54, 1.807) is 24.3 Å². The van der Waals surface area contributed by atoms with Gasteiger partial charge in [-0.1, -0.05) is 48.5 Å². The Balaban J connectivity index is 1.59. The molecule has 0 saturated carbocycles. The number of anilines is 1. The van der Waals surface area contributed by atoms with E-state index in [0.29, 0.717) is 37.4 Å². The van der Waals surface area contributed by atoms with Gasteiger partial charge in [0.2, 0.25) is 10.0 Å². The lowest BCUT2D eigenvalue weighted by Gasteiger charge is -2.12. The largest absolute Gasteiger partial charge is 0.381 e. The van der Waals surface area contributed by atoms with Crippen LogP contribution >= 0.6 is 0 Å². The third-order valence-corrected chi connectivity index (χ3v) is 4.47. The molecule has 0 aliphatic carbocycles. The molecule has 0 atom stereocenters. The van der Waals surface area contributed by atoms with Crippen LogP contribution in [0.3, 0.4) is 0 Å². The van der Waals surface area contributed by atoms with E-state index in [4.69, 9.17) is 4.74 Å². The molecule has 28 heavy (non-hydrogen) atoms. The molecular formula is C20H27N3O4S. The number of sulfonamides is 1. The Labute approximate surface area is 166 Å². The minimum atomic E-state index is -3.37. The van der Waals surface area contributed by atoms with E-state index in [0.717, 1.165) is 12.7 Å².